The molecule has 4 unspecified atom stereocenters. The van der Waals surface area contributed by atoms with Crippen molar-refractivity contribution in [3.8, 4) is 11.1 Å². The van der Waals surface area contributed by atoms with E-state index >= 15 is 0 Å². The number of amides is 2. The Bertz CT molecular complexity index is 1850. The number of hydrogen-bond acceptors (Lipinski definition) is 7. The number of rotatable bonds is 9. The largest absolute Gasteiger partial charge is 0.392 e. The Morgan fingerprint density at radius 2 is 1.45 bits per heavy atom. The molecule has 0 spiro atoms. The van der Waals surface area contributed by atoms with Crippen molar-refractivity contribution in [3.05, 3.63) is 155 Å². The van der Waals surface area contributed by atoms with Crippen LogP contribution in [0, 0.1) is 5.92 Å². The molecule has 3 heterocycles. The standard InChI is InChI=1S/C39H34N2O5S/c1-25-34(24-47-35-11-4-5-20-40-35)45-39(46-36(25)29-14-12-26(23-42)13-15-29)30-18-16-28(17-19-30)31-8-6-7-27(21-31)22-41-37(43)32-9-2-3-10-33(32)38(41)44/h2-21,25,34,36,39,42H,22-24H2,1H3. The van der Waals surface area contributed by atoms with Crippen molar-refractivity contribution in [1.29, 1.82) is 0 Å². The number of aromatic nitrogens is 1. The van der Waals surface area contributed by atoms with Crippen LogP contribution in [0.25, 0.3) is 11.1 Å². The number of imide groups is 1. The molecule has 1 aromatic heterocycles. The monoisotopic (exact) mass is 642 g/mol. The van der Waals surface area contributed by atoms with Crippen LogP contribution in [0.15, 0.2) is 126 Å². The van der Waals surface area contributed by atoms with Crippen molar-refractivity contribution in [1.82, 2.24) is 9.88 Å². The zero-order valence-electron chi connectivity index (χ0n) is 25.9. The first kappa shape index (κ1) is 31.0. The van der Waals surface area contributed by atoms with Gasteiger partial charge in [0.15, 0.2) is 6.29 Å². The molecule has 4 aromatic carbocycles. The Labute approximate surface area is 278 Å². The lowest BCUT2D eigenvalue weighted by Crippen LogP contribution is -2.38. The molecular weight excluding hydrogens is 609 g/mol. The fourth-order valence-electron chi connectivity index (χ4n) is 6.16. The number of thioether (sulfide) groups is 1. The van der Waals surface area contributed by atoms with E-state index in [1.54, 1.807) is 42.2 Å². The van der Waals surface area contributed by atoms with Crippen molar-refractivity contribution in [2.24, 2.45) is 5.92 Å². The summed E-state index contributed by atoms with van der Waals surface area (Å²) in [6.07, 6.45) is 0.931. The van der Waals surface area contributed by atoms with Crippen molar-refractivity contribution < 1.29 is 24.2 Å². The normalized spacial score (nSPS) is 20.8. The Hall–Kier alpha value is -4.60. The minimum absolute atomic E-state index is 0.00550. The van der Waals surface area contributed by atoms with Gasteiger partial charge >= 0.3 is 0 Å². The third-order valence-corrected chi connectivity index (χ3v) is 9.85. The van der Waals surface area contributed by atoms with Gasteiger partial charge in [-0.3, -0.25) is 14.5 Å². The van der Waals surface area contributed by atoms with Crippen LogP contribution >= 0.6 is 11.8 Å². The summed E-state index contributed by atoms with van der Waals surface area (Å²) in [5, 5.41) is 10.5. The predicted octanol–water partition coefficient (Wildman–Crippen LogP) is 7.62. The van der Waals surface area contributed by atoms with Crippen LogP contribution in [0.4, 0.5) is 0 Å². The van der Waals surface area contributed by atoms with Crippen LogP contribution in [-0.4, -0.2) is 38.7 Å². The van der Waals surface area contributed by atoms with Gasteiger partial charge in [0, 0.05) is 23.4 Å². The van der Waals surface area contributed by atoms with Gasteiger partial charge in [-0.1, -0.05) is 91.9 Å². The van der Waals surface area contributed by atoms with Crippen molar-refractivity contribution >= 4 is 23.6 Å². The quantitative estimate of drug-likeness (QED) is 0.131. The van der Waals surface area contributed by atoms with Gasteiger partial charge in [-0.15, -0.1) is 11.8 Å². The third-order valence-electron chi connectivity index (χ3n) is 8.82. The summed E-state index contributed by atoms with van der Waals surface area (Å²) in [6, 6.07) is 36.8. The molecule has 1 saturated heterocycles. The number of ether oxygens (including phenoxy) is 2. The van der Waals surface area contributed by atoms with Crippen LogP contribution < -0.4 is 0 Å². The Morgan fingerprint density at radius 1 is 0.745 bits per heavy atom. The van der Waals surface area contributed by atoms with Gasteiger partial charge in [-0.25, -0.2) is 4.98 Å². The second kappa shape index (κ2) is 13.6. The number of carbonyl (C=O) groups excluding carboxylic acids is 2. The van der Waals surface area contributed by atoms with Crippen LogP contribution in [0.1, 0.15) is 62.3 Å². The molecule has 7 rings (SSSR count). The minimum Gasteiger partial charge on any atom is -0.392 e. The molecule has 7 nitrogen and oxygen atoms in total. The summed E-state index contributed by atoms with van der Waals surface area (Å²) in [7, 11) is 0. The number of carbonyl (C=O) groups is 2. The number of benzene rings is 4. The molecule has 0 bridgehead atoms. The van der Waals surface area contributed by atoms with E-state index in [0.29, 0.717) is 11.1 Å². The first-order valence-corrected chi connectivity index (χ1v) is 16.7. The molecule has 0 radical (unpaired) electrons. The topological polar surface area (TPSA) is 89.0 Å². The van der Waals surface area contributed by atoms with Crippen molar-refractivity contribution in [2.45, 2.75) is 43.6 Å². The zero-order valence-corrected chi connectivity index (χ0v) is 26.7. The molecular formula is C39H34N2O5S. The lowest BCUT2D eigenvalue weighted by Gasteiger charge is -2.41. The molecule has 0 aliphatic carbocycles. The molecule has 2 aliphatic heterocycles. The molecule has 8 heteroatoms. The van der Waals surface area contributed by atoms with E-state index in [2.05, 4.69) is 11.9 Å². The molecule has 47 heavy (non-hydrogen) atoms. The lowest BCUT2D eigenvalue weighted by atomic mass is 9.91. The molecule has 1 fully saturated rings. The summed E-state index contributed by atoms with van der Waals surface area (Å²) in [5.41, 5.74) is 6.57. The fraction of sp³-hybridized carbons (Fsp3) is 0.205. The number of aliphatic hydroxyl groups is 1. The van der Waals surface area contributed by atoms with E-state index in [9.17, 15) is 14.7 Å². The molecule has 236 valence electrons. The summed E-state index contributed by atoms with van der Waals surface area (Å²) in [5.74, 6) is 0.274. The van der Waals surface area contributed by atoms with E-state index in [1.165, 1.54) is 4.90 Å². The van der Waals surface area contributed by atoms with Crippen LogP contribution in [-0.2, 0) is 22.6 Å². The Kier molecular flexibility index (Phi) is 9.00. The number of hydrogen-bond donors (Lipinski definition) is 1. The summed E-state index contributed by atoms with van der Waals surface area (Å²) in [4.78, 5) is 31.6. The van der Waals surface area contributed by atoms with Gasteiger partial charge in [-0.2, -0.15) is 0 Å². The molecule has 2 amide bonds. The molecule has 0 saturated carbocycles. The zero-order chi connectivity index (χ0) is 32.3. The summed E-state index contributed by atoms with van der Waals surface area (Å²) in [6.45, 7) is 2.36. The van der Waals surface area contributed by atoms with E-state index < -0.39 is 6.29 Å². The maximum atomic E-state index is 12.9. The predicted molar refractivity (Wildman–Crippen MR) is 180 cm³/mol. The van der Waals surface area contributed by atoms with Crippen molar-refractivity contribution in [2.75, 3.05) is 5.75 Å². The fourth-order valence-corrected chi connectivity index (χ4v) is 7.18. The molecule has 1 N–H and O–H groups in total. The second-order valence-electron chi connectivity index (χ2n) is 11.9. The number of aliphatic hydroxyl groups excluding tert-OH is 1. The third kappa shape index (κ3) is 6.50. The second-order valence-corrected chi connectivity index (χ2v) is 12.9. The first-order chi connectivity index (χ1) is 23.0. The SMILES string of the molecule is CC1C(CSc2ccccn2)OC(c2ccc(-c3cccc(CN4C(=O)c5ccccc5C4=O)c3)cc2)OC1c1ccc(CO)cc1. The van der Waals surface area contributed by atoms with Crippen molar-refractivity contribution in [3.63, 3.8) is 0 Å². The number of pyridine rings is 1. The van der Waals surface area contributed by atoms with E-state index in [1.807, 2.05) is 91.0 Å². The van der Waals surface area contributed by atoms with Crippen LogP contribution in [0.3, 0.4) is 0 Å². The molecule has 5 aromatic rings. The highest BCUT2D eigenvalue weighted by molar-refractivity contribution is 7.99. The van der Waals surface area contributed by atoms with E-state index in [4.69, 9.17) is 9.47 Å². The Balaban J connectivity index is 1.10. The average Bonchev–Trinajstić information content (AvgIpc) is 3.36. The van der Waals surface area contributed by atoms with E-state index in [0.717, 1.165) is 44.2 Å². The highest BCUT2D eigenvalue weighted by atomic mass is 32.2. The molecule has 2 aliphatic rings. The van der Waals surface area contributed by atoms with Gasteiger partial charge in [0.25, 0.3) is 11.8 Å². The number of fused-ring (bicyclic) bond motifs is 1. The van der Waals surface area contributed by atoms with Gasteiger partial charge in [0.2, 0.25) is 0 Å². The average molecular weight is 643 g/mol. The number of nitrogens with zero attached hydrogens (tertiary/aromatic N) is 2. The van der Waals surface area contributed by atoms with Crippen LogP contribution in [0.5, 0.6) is 0 Å². The maximum absolute atomic E-state index is 12.9. The summed E-state index contributed by atoms with van der Waals surface area (Å²) >= 11 is 1.67. The summed E-state index contributed by atoms with van der Waals surface area (Å²) < 4.78 is 13.2. The minimum atomic E-state index is -0.572. The van der Waals surface area contributed by atoms with Gasteiger partial charge in [0.1, 0.15) is 0 Å². The van der Waals surface area contributed by atoms with E-state index in [-0.39, 0.29) is 43.1 Å². The van der Waals surface area contributed by atoms with Gasteiger partial charge < -0.3 is 14.6 Å². The Morgan fingerprint density at radius 3 is 2.13 bits per heavy atom. The van der Waals surface area contributed by atoms with Gasteiger partial charge in [-0.05, 0) is 58.1 Å². The van der Waals surface area contributed by atoms with Gasteiger partial charge in [0.05, 0.1) is 41.5 Å². The first-order valence-electron chi connectivity index (χ1n) is 15.7. The highest BCUT2D eigenvalue weighted by Crippen LogP contribution is 2.43. The molecule has 4 atom stereocenters. The maximum Gasteiger partial charge on any atom is 0.261 e. The van der Waals surface area contributed by atoms with Crippen LogP contribution in [0.2, 0.25) is 0 Å². The smallest absolute Gasteiger partial charge is 0.261 e. The highest BCUT2D eigenvalue weighted by Gasteiger charge is 2.38. The lowest BCUT2D eigenvalue weighted by molar-refractivity contribution is -0.268.